The Hall–Kier alpha value is -1.12. The Morgan fingerprint density at radius 1 is 1.65 bits per heavy atom. The van der Waals surface area contributed by atoms with Gasteiger partial charge in [0.2, 0.25) is 5.91 Å². The monoisotopic (exact) mass is 237 g/mol. The van der Waals surface area contributed by atoms with Crippen LogP contribution in [0.4, 0.5) is 0 Å². The summed E-state index contributed by atoms with van der Waals surface area (Å²) < 4.78 is 5.36. The maximum atomic E-state index is 12.1. The van der Waals surface area contributed by atoms with E-state index in [1.54, 1.807) is 0 Å². The van der Waals surface area contributed by atoms with Crippen molar-refractivity contribution in [2.24, 2.45) is 0 Å². The van der Waals surface area contributed by atoms with Gasteiger partial charge in [0.15, 0.2) is 0 Å². The smallest absolute Gasteiger partial charge is 0.240 e. The molecule has 1 aliphatic carbocycles. The summed E-state index contributed by atoms with van der Waals surface area (Å²) in [5, 5.41) is 12.1. The molecule has 2 rings (SSSR count). The first-order chi connectivity index (χ1) is 8.26. The topological polar surface area (TPSA) is 65.4 Å². The summed E-state index contributed by atoms with van der Waals surface area (Å²) in [6.45, 7) is 3.64. The van der Waals surface area contributed by atoms with Crippen LogP contribution in [0.15, 0.2) is 0 Å². The molecule has 0 radical (unpaired) electrons. The molecule has 0 aromatic heterocycles. The average Bonchev–Trinajstić information content (AvgIpc) is 3.15. The van der Waals surface area contributed by atoms with Crippen LogP contribution in [0, 0.1) is 11.3 Å². The number of morpholine rings is 1. The fourth-order valence-corrected chi connectivity index (χ4v) is 2.14. The maximum absolute atomic E-state index is 12.1. The second-order valence-corrected chi connectivity index (χ2v) is 4.66. The molecular formula is C12H19N3O2. The van der Waals surface area contributed by atoms with Gasteiger partial charge < -0.3 is 10.1 Å². The average molecular weight is 237 g/mol. The standard InChI is InChI=1S/C12H19N3O2/c1-2-10(7-13)15-5-6-17-8-11(15)12(16)14-9-3-4-9/h9-11H,2-6,8H2,1H3,(H,14,16). The van der Waals surface area contributed by atoms with Crippen molar-refractivity contribution in [1.82, 2.24) is 10.2 Å². The number of carbonyl (C=O) groups excluding carboxylic acids is 1. The molecule has 2 fully saturated rings. The molecule has 1 saturated heterocycles. The van der Waals surface area contributed by atoms with Crippen molar-refractivity contribution in [2.45, 2.75) is 44.3 Å². The Kier molecular flexibility index (Phi) is 3.97. The molecule has 1 aliphatic heterocycles. The molecule has 0 aromatic rings. The third-order valence-corrected chi connectivity index (χ3v) is 3.33. The van der Waals surface area contributed by atoms with Crippen LogP contribution in [0.1, 0.15) is 26.2 Å². The summed E-state index contributed by atoms with van der Waals surface area (Å²) in [4.78, 5) is 14.0. The second-order valence-electron chi connectivity index (χ2n) is 4.66. The van der Waals surface area contributed by atoms with Gasteiger partial charge in [-0.05, 0) is 19.3 Å². The fourth-order valence-electron chi connectivity index (χ4n) is 2.14. The van der Waals surface area contributed by atoms with E-state index >= 15 is 0 Å². The predicted molar refractivity (Wildman–Crippen MR) is 62.2 cm³/mol. The lowest BCUT2D eigenvalue weighted by molar-refractivity contribution is -0.133. The Balaban J connectivity index is 2.00. The Bertz CT molecular complexity index is 322. The zero-order valence-electron chi connectivity index (χ0n) is 10.2. The van der Waals surface area contributed by atoms with E-state index in [4.69, 9.17) is 10.00 Å². The Morgan fingerprint density at radius 2 is 2.41 bits per heavy atom. The lowest BCUT2D eigenvalue weighted by Gasteiger charge is -2.36. The first-order valence-corrected chi connectivity index (χ1v) is 6.29. The van der Waals surface area contributed by atoms with E-state index in [-0.39, 0.29) is 18.0 Å². The highest BCUT2D eigenvalue weighted by Gasteiger charge is 2.35. The number of hydrogen-bond donors (Lipinski definition) is 1. The third kappa shape index (κ3) is 2.96. The van der Waals surface area contributed by atoms with Gasteiger partial charge in [-0.25, -0.2) is 0 Å². The Morgan fingerprint density at radius 3 is 3.00 bits per heavy atom. The van der Waals surface area contributed by atoms with Crippen LogP contribution >= 0.6 is 0 Å². The van der Waals surface area contributed by atoms with Crippen LogP contribution in [0.5, 0.6) is 0 Å². The van der Waals surface area contributed by atoms with Crippen molar-refractivity contribution in [3.05, 3.63) is 0 Å². The highest BCUT2D eigenvalue weighted by atomic mass is 16.5. The van der Waals surface area contributed by atoms with E-state index in [9.17, 15) is 4.79 Å². The summed E-state index contributed by atoms with van der Waals surface area (Å²) in [6, 6.07) is 2.14. The van der Waals surface area contributed by atoms with Gasteiger partial charge in [0.25, 0.3) is 0 Å². The normalized spacial score (nSPS) is 27.2. The lowest BCUT2D eigenvalue weighted by Crippen LogP contribution is -2.57. The largest absolute Gasteiger partial charge is 0.378 e. The molecule has 94 valence electrons. The molecule has 1 N–H and O–H groups in total. The number of nitrogens with one attached hydrogen (secondary N) is 1. The van der Waals surface area contributed by atoms with Gasteiger partial charge in [-0.3, -0.25) is 9.69 Å². The number of carbonyl (C=O) groups is 1. The van der Waals surface area contributed by atoms with Crippen LogP contribution < -0.4 is 5.32 Å². The van der Waals surface area contributed by atoms with Gasteiger partial charge in [0.05, 0.1) is 25.3 Å². The van der Waals surface area contributed by atoms with Gasteiger partial charge >= 0.3 is 0 Å². The number of nitriles is 1. The fraction of sp³-hybridized carbons (Fsp3) is 0.833. The molecule has 0 spiro atoms. The van der Waals surface area contributed by atoms with Crippen LogP contribution in [0.2, 0.25) is 0 Å². The summed E-state index contributed by atoms with van der Waals surface area (Å²) in [5.74, 6) is 0.0147. The second kappa shape index (κ2) is 5.48. The first kappa shape index (κ1) is 12.3. The summed E-state index contributed by atoms with van der Waals surface area (Å²) >= 11 is 0. The molecule has 17 heavy (non-hydrogen) atoms. The van der Waals surface area contributed by atoms with Crippen molar-refractivity contribution < 1.29 is 9.53 Å². The molecule has 1 amide bonds. The number of amides is 1. The highest BCUT2D eigenvalue weighted by Crippen LogP contribution is 2.20. The SMILES string of the molecule is CCC(C#N)N1CCOCC1C(=O)NC1CC1. The number of nitrogens with zero attached hydrogens (tertiary/aromatic N) is 2. The minimum atomic E-state index is -0.297. The minimum absolute atomic E-state index is 0.0147. The van der Waals surface area contributed by atoms with Crippen LogP contribution in [0.3, 0.4) is 0 Å². The number of rotatable bonds is 4. The van der Waals surface area contributed by atoms with Gasteiger partial charge in [0, 0.05) is 12.6 Å². The highest BCUT2D eigenvalue weighted by molar-refractivity contribution is 5.82. The van der Waals surface area contributed by atoms with Crippen LogP contribution in [-0.2, 0) is 9.53 Å². The third-order valence-electron chi connectivity index (χ3n) is 3.33. The van der Waals surface area contributed by atoms with Gasteiger partial charge in [-0.1, -0.05) is 6.92 Å². The molecule has 2 unspecified atom stereocenters. The van der Waals surface area contributed by atoms with E-state index in [1.807, 2.05) is 11.8 Å². The van der Waals surface area contributed by atoms with E-state index < -0.39 is 0 Å². The van der Waals surface area contributed by atoms with E-state index in [0.29, 0.717) is 25.8 Å². The van der Waals surface area contributed by atoms with Gasteiger partial charge in [-0.15, -0.1) is 0 Å². The molecule has 1 heterocycles. The molecule has 5 nitrogen and oxygen atoms in total. The van der Waals surface area contributed by atoms with E-state index in [0.717, 1.165) is 19.3 Å². The summed E-state index contributed by atoms with van der Waals surface area (Å²) in [7, 11) is 0. The molecular weight excluding hydrogens is 218 g/mol. The zero-order chi connectivity index (χ0) is 12.3. The van der Waals surface area contributed by atoms with Crippen molar-refractivity contribution in [1.29, 1.82) is 5.26 Å². The van der Waals surface area contributed by atoms with Crippen molar-refractivity contribution in [3.8, 4) is 6.07 Å². The molecule has 0 aromatic carbocycles. The molecule has 2 aliphatic rings. The zero-order valence-corrected chi connectivity index (χ0v) is 10.2. The molecule has 5 heteroatoms. The predicted octanol–water partition coefficient (Wildman–Crippen LogP) is 0.268. The Labute approximate surface area is 102 Å². The molecule has 0 bridgehead atoms. The van der Waals surface area contributed by atoms with E-state index in [2.05, 4.69) is 11.4 Å². The van der Waals surface area contributed by atoms with Gasteiger partial charge in [0.1, 0.15) is 6.04 Å². The van der Waals surface area contributed by atoms with Crippen molar-refractivity contribution in [3.63, 3.8) is 0 Å². The number of ether oxygens (including phenoxy) is 1. The van der Waals surface area contributed by atoms with Crippen LogP contribution in [-0.4, -0.2) is 48.7 Å². The molecule has 1 saturated carbocycles. The van der Waals surface area contributed by atoms with Crippen LogP contribution in [0.25, 0.3) is 0 Å². The minimum Gasteiger partial charge on any atom is -0.378 e. The van der Waals surface area contributed by atoms with E-state index in [1.165, 1.54) is 0 Å². The quantitative estimate of drug-likeness (QED) is 0.762. The summed E-state index contributed by atoms with van der Waals surface area (Å²) in [6.07, 6.45) is 2.90. The lowest BCUT2D eigenvalue weighted by atomic mass is 10.1. The van der Waals surface area contributed by atoms with Crippen molar-refractivity contribution in [2.75, 3.05) is 19.8 Å². The first-order valence-electron chi connectivity index (χ1n) is 6.29. The molecule has 2 atom stereocenters. The van der Waals surface area contributed by atoms with Crippen molar-refractivity contribution >= 4 is 5.91 Å². The number of hydrogen-bond acceptors (Lipinski definition) is 4. The summed E-state index contributed by atoms with van der Waals surface area (Å²) in [5.41, 5.74) is 0. The van der Waals surface area contributed by atoms with Gasteiger partial charge in [-0.2, -0.15) is 5.26 Å². The maximum Gasteiger partial charge on any atom is 0.240 e.